The zero-order valence-electron chi connectivity index (χ0n) is 11.8. The maximum absolute atomic E-state index is 10.9. The third-order valence-electron chi connectivity index (χ3n) is 2.79. The van der Waals surface area contributed by atoms with E-state index >= 15 is 0 Å². The van der Waals surface area contributed by atoms with Gasteiger partial charge in [0.15, 0.2) is 11.5 Å². The largest absolute Gasteiger partial charge is 0.409 e. The topological polar surface area (TPSA) is 118 Å². The van der Waals surface area contributed by atoms with E-state index in [1.807, 2.05) is 25.7 Å². The minimum atomic E-state index is -0.607. The number of rotatable bonds is 6. The molecule has 0 unspecified atom stereocenters. The Kier molecular flexibility index (Phi) is 5.24. The van der Waals surface area contributed by atoms with Gasteiger partial charge in [-0.3, -0.25) is 10.1 Å². The summed E-state index contributed by atoms with van der Waals surface area (Å²) in [7, 11) is 0. The maximum Gasteiger partial charge on any atom is 0.298 e. The normalized spacial score (nSPS) is 11.7. The molecule has 0 saturated carbocycles. The van der Waals surface area contributed by atoms with E-state index in [0.29, 0.717) is 5.82 Å². The summed E-state index contributed by atoms with van der Waals surface area (Å²) in [4.78, 5) is 16.5. The molecule has 8 nitrogen and oxygen atoms in total. The predicted molar refractivity (Wildman–Crippen MR) is 76.2 cm³/mol. The number of aromatic nitrogens is 1. The Hall–Kier alpha value is -2.38. The molecule has 0 aliphatic rings. The standard InChI is InChI=1S/C12H19N5O3/c1-4-7-16(8(2)3)10-6-5-9(17(19)20)11(14-10)12(13)15-18/h5-6,8,18H,4,7H2,1-3H3,(H2,13,15). The molecule has 0 saturated heterocycles. The van der Waals surface area contributed by atoms with Gasteiger partial charge in [-0.2, -0.15) is 0 Å². The van der Waals surface area contributed by atoms with Crippen LogP contribution in [0.5, 0.6) is 0 Å². The summed E-state index contributed by atoms with van der Waals surface area (Å²) in [5.74, 6) is 0.188. The number of pyridine rings is 1. The number of nitrogens with zero attached hydrogens (tertiary/aromatic N) is 4. The quantitative estimate of drug-likeness (QED) is 0.269. The van der Waals surface area contributed by atoms with Crippen LogP contribution in [0.4, 0.5) is 11.5 Å². The van der Waals surface area contributed by atoms with Gasteiger partial charge < -0.3 is 15.8 Å². The Morgan fingerprint density at radius 2 is 2.25 bits per heavy atom. The molecular formula is C12H19N5O3. The molecule has 1 aromatic heterocycles. The molecular weight excluding hydrogens is 262 g/mol. The van der Waals surface area contributed by atoms with E-state index in [1.165, 1.54) is 6.07 Å². The summed E-state index contributed by atoms with van der Waals surface area (Å²) in [5, 5.41) is 22.5. The van der Waals surface area contributed by atoms with Crippen molar-refractivity contribution >= 4 is 17.3 Å². The SMILES string of the molecule is CCCN(c1ccc([N+](=O)[O-])c(/C(N)=N/O)n1)C(C)C. The zero-order valence-corrected chi connectivity index (χ0v) is 11.8. The first-order valence-electron chi connectivity index (χ1n) is 6.32. The Balaban J connectivity index is 3.34. The van der Waals surface area contributed by atoms with Crippen molar-refractivity contribution in [3.05, 3.63) is 27.9 Å². The van der Waals surface area contributed by atoms with Crippen molar-refractivity contribution in [2.45, 2.75) is 33.2 Å². The summed E-state index contributed by atoms with van der Waals surface area (Å²) >= 11 is 0. The fourth-order valence-electron chi connectivity index (χ4n) is 1.86. The lowest BCUT2D eigenvalue weighted by Crippen LogP contribution is -2.33. The van der Waals surface area contributed by atoms with Crippen LogP contribution in [0.3, 0.4) is 0 Å². The molecule has 0 aliphatic heterocycles. The van der Waals surface area contributed by atoms with Gasteiger partial charge in [-0.25, -0.2) is 4.98 Å². The van der Waals surface area contributed by atoms with Gasteiger partial charge in [-0.05, 0) is 26.3 Å². The Bertz CT molecular complexity index is 516. The van der Waals surface area contributed by atoms with Crippen LogP contribution in [0.2, 0.25) is 0 Å². The van der Waals surface area contributed by atoms with E-state index < -0.39 is 4.92 Å². The number of hydrogen-bond acceptors (Lipinski definition) is 6. The van der Waals surface area contributed by atoms with Crippen LogP contribution in [-0.4, -0.2) is 33.5 Å². The predicted octanol–water partition coefficient (Wildman–Crippen LogP) is 1.71. The smallest absolute Gasteiger partial charge is 0.298 e. The minimum absolute atomic E-state index is 0.128. The van der Waals surface area contributed by atoms with E-state index in [0.717, 1.165) is 13.0 Å². The number of nitrogens with two attached hydrogens (primary N) is 1. The fraction of sp³-hybridized carbons (Fsp3) is 0.500. The molecule has 0 bridgehead atoms. The summed E-state index contributed by atoms with van der Waals surface area (Å²) < 4.78 is 0. The van der Waals surface area contributed by atoms with Crippen molar-refractivity contribution in [3.63, 3.8) is 0 Å². The number of amidine groups is 1. The molecule has 0 amide bonds. The van der Waals surface area contributed by atoms with Crippen molar-refractivity contribution in [2.24, 2.45) is 10.9 Å². The highest BCUT2D eigenvalue weighted by Gasteiger charge is 2.22. The average Bonchev–Trinajstić information content (AvgIpc) is 2.42. The molecule has 3 N–H and O–H groups in total. The molecule has 0 fully saturated rings. The van der Waals surface area contributed by atoms with E-state index in [9.17, 15) is 10.1 Å². The number of nitro groups is 1. The van der Waals surface area contributed by atoms with E-state index in [4.69, 9.17) is 10.9 Å². The lowest BCUT2D eigenvalue weighted by molar-refractivity contribution is -0.385. The fourth-order valence-corrected chi connectivity index (χ4v) is 1.86. The third-order valence-corrected chi connectivity index (χ3v) is 2.79. The molecule has 1 heterocycles. The van der Waals surface area contributed by atoms with Crippen LogP contribution in [0.15, 0.2) is 17.3 Å². The van der Waals surface area contributed by atoms with Gasteiger partial charge in [-0.1, -0.05) is 12.1 Å². The zero-order chi connectivity index (χ0) is 15.3. The molecule has 0 spiro atoms. The van der Waals surface area contributed by atoms with Crippen molar-refractivity contribution in [1.29, 1.82) is 0 Å². The summed E-state index contributed by atoms with van der Waals surface area (Å²) in [6, 6.07) is 3.08. The first kappa shape index (κ1) is 15.7. The van der Waals surface area contributed by atoms with E-state index in [1.54, 1.807) is 6.07 Å². The lowest BCUT2D eigenvalue weighted by Gasteiger charge is -2.27. The summed E-state index contributed by atoms with van der Waals surface area (Å²) in [6.07, 6.45) is 0.912. The first-order valence-corrected chi connectivity index (χ1v) is 6.32. The number of oxime groups is 1. The molecule has 1 aromatic rings. The van der Waals surface area contributed by atoms with E-state index in [2.05, 4.69) is 10.1 Å². The van der Waals surface area contributed by atoms with Crippen LogP contribution >= 0.6 is 0 Å². The summed E-state index contributed by atoms with van der Waals surface area (Å²) in [6.45, 7) is 6.80. The van der Waals surface area contributed by atoms with Gasteiger partial charge in [0.1, 0.15) is 5.82 Å². The van der Waals surface area contributed by atoms with Crippen LogP contribution in [-0.2, 0) is 0 Å². The van der Waals surface area contributed by atoms with Crippen molar-refractivity contribution < 1.29 is 10.1 Å². The van der Waals surface area contributed by atoms with Crippen LogP contribution in [0.25, 0.3) is 0 Å². The van der Waals surface area contributed by atoms with Gasteiger partial charge in [-0.15, -0.1) is 0 Å². The molecule has 0 atom stereocenters. The molecule has 20 heavy (non-hydrogen) atoms. The second kappa shape index (κ2) is 6.69. The minimum Gasteiger partial charge on any atom is -0.409 e. The second-order valence-electron chi connectivity index (χ2n) is 4.57. The number of hydrogen-bond donors (Lipinski definition) is 2. The van der Waals surface area contributed by atoms with Crippen molar-refractivity contribution in [3.8, 4) is 0 Å². The lowest BCUT2D eigenvalue weighted by atomic mass is 10.2. The van der Waals surface area contributed by atoms with Gasteiger partial charge in [0.25, 0.3) is 5.69 Å². The van der Waals surface area contributed by atoms with Crippen LogP contribution in [0, 0.1) is 10.1 Å². The number of anilines is 1. The highest BCUT2D eigenvalue weighted by Crippen LogP contribution is 2.22. The first-order chi connectivity index (χ1) is 9.42. The highest BCUT2D eigenvalue weighted by atomic mass is 16.6. The highest BCUT2D eigenvalue weighted by molar-refractivity contribution is 5.99. The molecule has 1 rings (SSSR count). The molecule has 0 radical (unpaired) electrons. The average molecular weight is 281 g/mol. The monoisotopic (exact) mass is 281 g/mol. The van der Waals surface area contributed by atoms with Gasteiger partial charge >= 0.3 is 0 Å². The molecule has 8 heteroatoms. The van der Waals surface area contributed by atoms with Crippen LogP contribution < -0.4 is 10.6 Å². The van der Waals surface area contributed by atoms with Gasteiger partial charge in [0, 0.05) is 18.7 Å². The Morgan fingerprint density at radius 1 is 1.60 bits per heavy atom. The van der Waals surface area contributed by atoms with Crippen molar-refractivity contribution in [1.82, 2.24) is 4.98 Å². The third kappa shape index (κ3) is 3.34. The van der Waals surface area contributed by atoms with Gasteiger partial charge in [0.05, 0.1) is 4.92 Å². The Morgan fingerprint density at radius 3 is 2.70 bits per heavy atom. The summed E-state index contributed by atoms with van der Waals surface area (Å²) in [5.41, 5.74) is 5.05. The van der Waals surface area contributed by atoms with Gasteiger partial charge in [0.2, 0.25) is 0 Å². The molecule has 0 aliphatic carbocycles. The maximum atomic E-state index is 10.9. The van der Waals surface area contributed by atoms with E-state index in [-0.39, 0.29) is 23.3 Å². The second-order valence-corrected chi connectivity index (χ2v) is 4.57. The van der Waals surface area contributed by atoms with Crippen LogP contribution in [0.1, 0.15) is 32.9 Å². The Labute approximate surface area is 117 Å². The molecule has 110 valence electrons. The molecule has 0 aromatic carbocycles. The van der Waals surface area contributed by atoms with Crippen molar-refractivity contribution in [2.75, 3.05) is 11.4 Å².